The van der Waals surface area contributed by atoms with Gasteiger partial charge in [0, 0.05) is 57.1 Å². The molecule has 0 aliphatic carbocycles. The van der Waals surface area contributed by atoms with Crippen LogP contribution in [-0.4, -0.2) is 95.1 Å². The third-order valence-electron chi connectivity index (χ3n) is 7.27. The highest BCUT2D eigenvalue weighted by molar-refractivity contribution is 6.32. The van der Waals surface area contributed by atoms with Gasteiger partial charge in [0.1, 0.15) is 11.2 Å². The first kappa shape index (κ1) is 25.5. The molecule has 2 aromatic rings. The largest absolute Gasteiger partial charge is 0.366 e. The Balaban J connectivity index is 1.15. The minimum Gasteiger partial charge on any atom is -0.366 e. The molecule has 3 aliphatic heterocycles. The van der Waals surface area contributed by atoms with Gasteiger partial charge in [0.15, 0.2) is 5.82 Å². The fourth-order valence-corrected chi connectivity index (χ4v) is 5.24. The van der Waals surface area contributed by atoms with E-state index < -0.39 is 12.2 Å². The Bertz CT molecular complexity index is 1180. The van der Waals surface area contributed by atoms with Gasteiger partial charge in [-0.25, -0.2) is 14.2 Å². The van der Waals surface area contributed by atoms with E-state index in [1.807, 2.05) is 30.1 Å². The van der Waals surface area contributed by atoms with Crippen LogP contribution in [0.5, 0.6) is 0 Å². The number of urea groups is 1. The van der Waals surface area contributed by atoms with E-state index in [1.165, 1.54) is 0 Å². The van der Waals surface area contributed by atoms with E-state index in [4.69, 9.17) is 11.6 Å². The first-order chi connectivity index (χ1) is 17.8. The molecular formula is C25H32ClFN8O2. The molecule has 5 rings (SSSR count). The first-order valence-corrected chi connectivity index (χ1v) is 13.0. The van der Waals surface area contributed by atoms with Crippen molar-refractivity contribution in [2.24, 2.45) is 0 Å². The first-order valence-electron chi connectivity index (χ1n) is 12.6. The fourth-order valence-electron chi connectivity index (χ4n) is 5.09. The average Bonchev–Trinajstić information content (AvgIpc) is 3.16. The summed E-state index contributed by atoms with van der Waals surface area (Å²) in [6.45, 7) is 2.81. The summed E-state index contributed by atoms with van der Waals surface area (Å²) < 4.78 is 14.3. The van der Waals surface area contributed by atoms with E-state index >= 15 is 0 Å². The maximum Gasteiger partial charge on any atom is 0.317 e. The summed E-state index contributed by atoms with van der Waals surface area (Å²) >= 11 is 6.37. The number of benzene rings is 1. The smallest absolute Gasteiger partial charge is 0.317 e. The summed E-state index contributed by atoms with van der Waals surface area (Å²) in [6, 6.07) is 5.02. The minimum absolute atomic E-state index is 0.0211. The Kier molecular flexibility index (Phi) is 7.34. The van der Waals surface area contributed by atoms with E-state index in [-0.39, 0.29) is 18.0 Å². The Morgan fingerprint density at radius 2 is 1.95 bits per heavy atom. The number of anilines is 3. The monoisotopic (exact) mass is 530 g/mol. The molecule has 37 heavy (non-hydrogen) atoms. The highest BCUT2D eigenvalue weighted by atomic mass is 35.5. The second-order valence-corrected chi connectivity index (χ2v) is 10.5. The van der Waals surface area contributed by atoms with Crippen LogP contribution >= 0.6 is 11.6 Å². The fraction of sp³-hybridized carbons (Fsp3) is 0.520. The van der Waals surface area contributed by atoms with Gasteiger partial charge in [0.05, 0.1) is 12.2 Å². The zero-order valence-corrected chi connectivity index (χ0v) is 21.8. The average molecular weight is 531 g/mol. The van der Waals surface area contributed by atoms with Crippen molar-refractivity contribution in [3.8, 4) is 0 Å². The lowest BCUT2D eigenvalue weighted by Crippen LogP contribution is -2.55. The summed E-state index contributed by atoms with van der Waals surface area (Å²) in [5.74, 6) is 0.928. The molecule has 2 atom stereocenters. The minimum atomic E-state index is -1.05. The SMILES string of the molecule is CN1CC[C@@H](NC(=O)N2CCC(Nc3nc(Nc4ccc5c(c4)CN(C)C5=O)ncc3Cl)CC2)[C@@H](F)C1. The molecule has 4 heterocycles. The van der Waals surface area contributed by atoms with Crippen LogP contribution in [0.15, 0.2) is 24.4 Å². The van der Waals surface area contributed by atoms with E-state index in [0.717, 1.165) is 30.6 Å². The summed E-state index contributed by atoms with van der Waals surface area (Å²) in [7, 11) is 3.67. The number of halogens is 2. The van der Waals surface area contributed by atoms with Gasteiger partial charge in [-0.2, -0.15) is 4.98 Å². The number of carbonyl (C=O) groups excluding carboxylic acids is 2. The van der Waals surface area contributed by atoms with Crippen LogP contribution in [0.25, 0.3) is 0 Å². The number of hydrogen-bond acceptors (Lipinski definition) is 7. The van der Waals surface area contributed by atoms with Crippen LogP contribution in [0.2, 0.25) is 5.02 Å². The lowest BCUT2D eigenvalue weighted by molar-refractivity contribution is 0.0816. The van der Waals surface area contributed by atoms with Crippen molar-refractivity contribution >= 4 is 41.0 Å². The Hall–Kier alpha value is -3.18. The quantitative estimate of drug-likeness (QED) is 0.545. The number of alkyl halides is 1. The molecular weight excluding hydrogens is 499 g/mol. The number of aromatic nitrogens is 2. The van der Waals surface area contributed by atoms with Gasteiger partial charge in [-0.3, -0.25) is 4.79 Å². The number of nitrogens with zero attached hydrogens (tertiary/aromatic N) is 5. The second kappa shape index (κ2) is 10.7. The maximum absolute atomic E-state index is 14.3. The van der Waals surface area contributed by atoms with Crippen molar-refractivity contribution in [1.29, 1.82) is 0 Å². The lowest BCUT2D eigenvalue weighted by Gasteiger charge is -2.36. The second-order valence-electron chi connectivity index (χ2n) is 10.1. The van der Waals surface area contributed by atoms with Crippen LogP contribution in [0.4, 0.5) is 26.6 Å². The van der Waals surface area contributed by atoms with E-state index in [0.29, 0.717) is 55.0 Å². The van der Waals surface area contributed by atoms with Crippen molar-refractivity contribution in [3.63, 3.8) is 0 Å². The Morgan fingerprint density at radius 3 is 2.70 bits per heavy atom. The molecule has 12 heteroatoms. The van der Waals surface area contributed by atoms with Gasteiger partial charge in [-0.1, -0.05) is 11.6 Å². The number of likely N-dealkylation sites (tertiary alicyclic amines) is 2. The van der Waals surface area contributed by atoms with Crippen molar-refractivity contribution in [3.05, 3.63) is 40.5 Å². The van der Waals surface area contributed by atoms with Crippen molar-refractivity contribution in [1.82, 2.24) is 30.0 Å². The molecule has 0 bridgehead atoms. The van der Waals surface area contributed by atoms with Gasteiger partial charge < -0.3 is 30.7 Å². The highest BCUT2D eigenvalue weighted by Gasteiger charge is 2.31. The third kappa shape index (κ3) is 5.72. The van der Waals surface area contributed by atoms with Crippen LogP contribution in [0.1, 0.15) is 35.2 Å². The zero-order valence-electron chi connectivity index (χ0n) is 21.0. The molecule has 0 radical (unpaired) electrons. The lowest BCUT2D eigenvalue weighted by atomic mass is 10.0. The molecule has 0 unspecified atom stereocenters. The highest BCUT2D eigenvalue weighted by Crippen LogP contribution is 2.28. The molecule has 3 N–H and O–H groups in total. The normalized spacial score (nSPS) is 22.6. The molecule has 2 saturated heterocycles. The van der Waals surface area contributed by atoms with Gasteiger partial charge in [-0.05, 0) is 50.1 Å². The van der Waals surface area contributed by atoms with Gasteiger partial charge in [0.25, 0.3) is 5.91 Å². The topological polar surface area (TPSA) is 106 Å². The van der Waals surface area contributed by atoms with Gasteiger partial charge in [0.2, 0.25) is 5.95 Å². The number of hydrogen-bond donors (Lipinski definition) is 3. The number of amides is 3. The summed E-state index contributed by atoms with van der Waals surface area (Å²) in [5.41, 5.74) is 2.45. The van der Waals surface area contributed by atoms with Gasteiger partial charge in [-0.15, -0.1) is 0 Å². The standard InChI is InChI=1S/C25H32ClFN8O2/c1-33-8-7-21(20(27)14-33)31-25(37)35-9-5-16(6-10-35)29-22-19(26)12-28-24(32-22)30-17-3-4-18-15(11-17)13-34(2)23(18)36/h3-4,11-12,16,20-21H,5-10,13-14H2,1-2H3,(H,31,37)(H2,28,29,30,32)/t20-,21+/m0/s1. The molecule has 3 amide bonds. The van der Waals surface area contributed by atoms with Crippen molar-refractivity contribution in [2.75, 3.05) is 50.9 Å². The van der Waals surface area contributed by atoms with Crippen molar-refractivity contribution in [2.45, 2.75) is 44.1 Å². The number of piperidine rings is 2. The predicted octanol–water partition coefficient (Wildman–Crippen LogP) is 3.09. The summed E-state index contributed by atoms with van der Waals surface area (Å²) in [5, 5.41) is 9.86. The zero-order chi connectivity index (χ0) is 26.1. The number of rotatable bonds is 5. The summed E-state index contributed by atoms with van der Waals surface area (Å²) in [6.07, 6.45) is 2.54. The molecule has 198 valence electrons. The molecule has 1 aromatic heterocycles. The Labute approximate surface area is 220 Å². The molecule has 0 saturated carbocycles. The maximum atomic E-state index is 14.3. The molecule has 1 aromatic carbocycles. The molecule has 10 nitrogen and oxygen atoms in total. The van der Waals surface area contributed by atoms with E-state index in [1.54, 1.807) is 23.0 Å². The number of carbonyl (C=O) groups is 2. The van der Waals surface area contributed by atoms with Crippen LogP contribution < -0.4 is 16.0 Å². The van der Waals surface area contributed by atoms with Gasteiger partial charge >= 0.3 is 6.03 Å². The third-order valence-corrected chi connectivity index (χ3v) is 7.54. The number of fused-ring (bicyclic) bond motifs is 1. The molecule has 2 fully saturated rings. The van der Waals surface area contributed by atoms with E-state index in [9.17, 15) is 14.0 Å². The predicted molar refractivity (Wildman–Crippen MR) is 140 cm³/mol. The summed E-state index contributed by atoms with van der Waals surface area (Å²) in [4.78, 5) is 39.0. The van der Waals surface area contributed by atoms with E-state index in [2.05, 4.69) is 25.9 Å². The van der Waals surface area contributed by atoms with Crippen LogP contribution in [0, 0.1) is 0 Å². The van der Waals surface area contributed by atoms with Crippen LogP contribution in [-0.2, 0) is 6.54 Å². The molecule has 0 spiro atoms. The Morgan fingerprint density at radius 1 is 1.16 bits per heavy atom. The van der Waals surface area contributed by atoms with Crippen LogP contribution in [0.3, 0.4) is 0 Å². The number of nitrogens with one attached hydrogen (secondary N) is 3. The van der Waals surface area contributed by atoms with Crippen molar-refractivity contribution < 1.29 is 14.0 Å². The molecule has 3 aliphatic rings.